The molecule has 1 fully saturated rings. The highest BCUT2D eigenvalue weighted by Crippen LogP contribution is 2.37. The minimum atomic E-state index is -5.23. The van der Waals surface area contributed by atoms with Crippen LogP contribution < -0.4 is 10.6 Å². The molecule has 14 heteroatoms. The number of nitrogens with one attached hydrogen (secondary N) is 2. The number of hydrogen-bond acceptors (Lipinski definition) is 4. The molecule has 2 aliphatic heterocycles. The first-order valence-electron chi connectivity index (χ1n) is 10.7. The second-order valence-electron chi connectivity index (χ2n) is 8.42. The third kappa shape index (κ3) is 5.00. The summed E-state index contributed by atoms with van der Waals surface area (Å²) in [6.07, 6.45) is -10.3. The van der Waals surface area contributed by atoms with Gasteiger partial charge in [0.25, 0.3) is 11.8 Å². The molecule has 0 bridgehead atoms. The molecule has 37 heavy (non-hydrogen) atoms. The van der Waals surface area contributed by atoms with Crippen LogP contribution in [0, 0.1) is 5.82 Å². The van der Waals surface area contributed by atoms with Gasteiger partial charge in [-0.25, -0.2) is 4.39 Å². The average molecular weight is 531 g/mol. The van der Waals surface area contributed by atoms with Crippen molar-refractivity contribution in [1.82, 2.24) is 15.5 Å². The van der Waals surface area contributed by atoms with Crippen molar-refractivity contribution >= 4 is 23.6 Å². The summed E-state index contributed by atoms with van der Waals surface area (Å²) >= 11 is 0. The maximum Gasteiger partial charge on any atom is 0.416 e. The molecule has 0 radical (unpaired) electrons. The number of imide groups is 1. The Bertz CT molecular complexity index is 1310. The lowest BCUT2D eigenvalue weighted by Crippen LogP contribution is -2.52. The van der Waals surface area contributed by atoms with E-state index in [1.807, 2.05) is 0 Å². The zero-order chi connectivity index (χ0) is 27.3. The lowest BCUT2D eigenvalue weighted by molar-refractivity contribution is -0.156. The third-order valence-electron chi connectivity index (χ3n) is 6.04. The van der Waals surface area contributed by atoms with Gasteiger partial charge in [0, 0.05) is 17.5 Å². The fraction of sp³-hybridized carbons (Fsp3) is 0.304. The first-order valence-corrected chi connectivity index (χ1v) is 10.7. The molecule has 1 unspecified atom stereocenters. The molecule has 2 N–H and O–H groups in total. The van der Waals surface area contributed by atoms with E-state index in [4.69, 9.17) is 0 Å². The van der Waals surface area contributed by atoms with E-state index in [0.717, 1.165) is 29.2 Å². The molecule has 0 saturated carbocycles. The monoisotopic (exact) mass is 531 g/mol. The van der Waals surface area contributed by atoms with E-state index in [1.165, 1.54) is 5.32 Å². The van der Waals surface area contributed by atoms with Gasteiger partial charge in [-0.05, 0) is 36.2 Å². The van der Waals surface area contributed by atoms with E-state index in [1.54, 1.807) is 0 Å². The molecule has 0 aliphatic carbocycles. The predicted molar refractivity (Wildman–Crippen MR) is 110 cm³/mol. The lowest BCUT2D eigenvalue weighted by atomic mass is 10.0. The quantitative estimate of drug-likeness (QED) is 0.466. The Morgan fingerprint density at radius 1 is 1.05 bits per heavy atom. The number of piperidine rings is 1. The molecule has 0 aromatic heterocycles. The largest absolute Gasteiger partial charge is 0.416 e. The number of rotatable bonds is 4. The van der Waals surface area contributed by atoms with Crippen LogP contribution in [-0.2, 0) is 22.3 Å². The highest BCUT2D eigenvalue weighted by Gasteiger charge is 2.44. The second kappa shape index (κ2) is 9.16. The van der Waals surface area contributed by atoms with Gasteiger partial charge in [0.2, 0.25) is 11.8 Å². The molecular formula is C23H16F7N3O4. The number of carbonyl (C=O) groups excluding carboxylic acids is 4. The van der Waals surface area contributed by atoms with Crippen molar-refractivity contribution in [3.63, 3.8) is 0 Å². The Morgan fingerprint density at radius 3 is 2.38 bits per heavy atom. The van der Waals surface area contributed by atoms with Crippen molar-refractivity contribution in [1.29, 1.82) is 0 Å². The molecule has 2 aromatic rings. The number of halogens is 7. The number of fused-ring (bicyclic) bond motifs is 1. The van der Waals surface area contributed by atoms with Crippen molar-refractivity contribution < 1.29 is 49.9 Å². The number of carbonyl (C=O) groups is 4. The lowest BCUT2D eigenvalue weighted by Gasteiger charge is -2.29. The van der Waals surface area contributed by atoms with Crippen molar-refractivity contribution in [2.45, 2.75) is 43.8 Å². The first kappa shape index (κ1) is 26.1. The Labute approximate surface area is 203 Å². The number of benzene rings is 2. The standard InChI is InChI=1S/C23H16F7N3O4/c24-17-13(5-4-12-14(17)9-33(21(12)37)15-6-7-16(34)31-20(15)36)19(35)32-18(23(28,29)30)10-2-1-3-11(8-10)22(25,26)27/h1-5,8,15,18H,6-7,9H2,(H,32,35)(H,31,34,36)/t15?,18-/m1/s1. The van der Waals surface area contributed by atoms with Crippen LogP contribution in [0.15, 0.2) is 36.4 Å². The Hall–Kier alpha value is -3.97. The summed E-state index contributed by atoms with van der Waals surface area (Å²) < 4.78 is 95.3. The number of alkyl halides is 6. The summed E-state index contributed by atoms with van der Waals surface area (Å²) in [6.45, 7) is -0.482. The Morgan fingerprint density at radius 2 is 1.76 bits per heavy atom. The van der Waals surface area contributed by atoms with Crippen LogP contribution in [0.4, 0.5) is 30.7 Å². The third-order valence-corrected chi connectivity index (χ3v) is 6.04. The smallest absolute Gasteiger partial charge is 0.337 e. The number of hydrogen-bond donors (Lipinski definition) is 2. The van der Waals surface area contributed by atoms with E-state index in [-0.39, 0.29) is 30.0 Å². The van der Waals surface area contributed by atoms with Crippen LogP contribution in [0.3, 0.4) is 0 Å². The molecule has 2 atom stereocenters. The topological polar surface area (TPSA) is 95.6 Å². The van der Waals surface area contributed by atoms with E-state index in [2.05, 4.69) is 5.32 Å². The normalized spacial score (nSPS) is 18.9. The van der Waals surface area contributed by atoms with Gasteiger partial charge in [0.1, 0.15) is 11.9 Å². The molecule has 2 aromatic carbocycles. The van der Waals surface area contributed by atoms with Crippen LogP contribution in [-0.4, -0.2) is 40.7 Å². The van der Waals surface area contributed by atoms with Gasteiger partial charge in [0.05, 0.1) is 17.7 Å². The minimum Gasteiger partial charge on any atom is -0.337 e. The SMILES string of the molecule is O=C1CCC(N2Cc3c(ccc(C(=O)N[C@H](c4cccc(C(F)(F)F)c4)C(F)(F)F)c3F)C2=O)C(=O)N1. The van der Waals surface area contributed by atoms with Gasteiger partial charge in [-0.1, -0.05) is 12.1 Å². The van der Waals surface area contributed by atoms with Crippen molar-refractivity contribution in [3.05, 3.63) is 70.0 Å². The van der Waals surface area contributed by atoms with Crippen LogP contribution in [0.2, 0.25) is 0 Å². The van der Waals surface area contributed by atoms with E-state index < -0.39 is 77.1 Å². The van der Waals surface area contributed by atoms with Crippen molar-refractivity contribution in [2.24, 2.45) is 0 Å². The highest BCUT2D eigenvalue weighted by molar-refractivity contribution is 6.06. The van der Waals surface area contributed by atoms with Gasteiger partial charge < -0.3 is 10.2 Å². The fourth-order valence-electron chi connectivity index (χ4n) is 4.24. The van der Waals surface area contributed by atoms with Gasteiger partial charge in [-0.3, -0.25) is 24.5 Å². The first-order chi connectivity index (χ1) is 17.2. The Balaban J connectivity index is 1.61. The van der Waals surface area contributed by atoms with E-state index in [0.29, 0.717) is 6.07 Å². The number of amides is 4. The van der Waals surface area contributed by atoms with E-state index in [9.17, 15) is 45.5 Å². The van der Waals surface area contributed by atoms with E-state index >= 15 is 4.39 Å². The fourth-order valence-corrected chi connectivity index (χ4v) is 4.24. The molecule has 7 nitrogen and oxygen atoms in total. The molecule has 2 heterocycles. The van der Waals surface area contributed by atoms with Gasteiger partial charge >= 0.3 is 12.4 Å². The predicted octanol–water partition coefficient (Wildman–Crippen LogP) is 3.64. The van der Waals surface area contributed by atoms with Crippen LogP contribution in [0.1, 0.15) is 56.3 Å². The molecule has 4 amide bonds. The van der Waals surface area contributed by atoms with Crippen molar-refractivity contribution in [2.75, 3.05) is 0 Å². The van der Waals surface area contributed by atoms with Crippen LogP contribution in [0.5, 0.6) is 0 Å². The summed E-state index contributed by atoms with van der Waals surface area (Å²) in [4.78, 5) is 49.8. The highest BCUT2D eigenvalue weighted by atomic mass is 19.4. The van der Waals surface area contributed by atoms with Crippen molar-refractivity contribution in [3.8, 4) is 0 Å². The maximum absolute atomic E-state index is 15.2. The molecule has 4 rings (SSSR count). The summed E-state index contributed by atoms with van der Waals surface area (Å²) in [6, 6.07) is 0.0697. The molecular weight excluding hydrogens is 515 g/mol. The molecule has 1 saturated heterocycles. The molecule has 196 valence electrons. The van der Waals surface area contributed by atoms with Crippen LogP contribution >= 0.6 is 0 Å². The second-order valence-corrected chi connectivity index (χ2v) is 8.42. The molecule has 2 aliphatic rings. The summed E-state index contributed by atoms with van der Waals surface area (Å²) in [5.74, 6) is -4.98. The van der Waals surface area contributed by atoms with Gasteiger partial charge in [-0.2, -0.15) is 26.3 Å². The zero-order valence-electron chi connectivity index (χ0n) is 18.5. The summed E-state index contributed by atoms with van der Waals surface area (Å²) in [7, 11) is 0. The Kier molecular flexibility index (Phi) is 6.46. The van der Waals surface area contributed by atoms with Crippen LogP contribution in [0.25, 0.3) is 0 Å². The van der Waals surface area contributed by atoms with Gasteiger partial charge in [0.15, 0.2) is 6.04 Å². The number of nitrogens with zero attached hydrogens (tertiary/aromatic N) is 1. The zero-order valence-corrected chi connectivity index (χ0v) is 18.5. The summed E-state index contributed by atoms with van der Waals surface area (Å²) in [5, 5.41) is 3.58. The minimum absolute atomic E-state index is 0.0242. The summed E-state index contributed by atoms with van der Waals surface area (Å²) in [5.41, 5.74) is -3.73. The maximum atomic E-state index is 15.2. The van der Waals surface area contributed by atoms with Gasteiger partial charge in [-0.15, -0.1) is 0 Å². The molecule has 0 spiro atoms. The average Bonchev–Trinajstić information content (AvgIpc) is 3.13.